The van der Waals surface area contributed by atoms with Crippen LogP contribution in [0.15, 0.2) is 40.9 Å². The molecule has 38 heavy (non-hydrogen) atoms. The van der Waals surface area contributed by atoms with Crippen molar-refractivity contribution in [2.24, 2.45) is 5.41 Å². The van der Waals surface area contributed by atoms with E-state index in [9.17, 15) is 9.59 Å². The fraction of sp³-hybridized carbons (Fsp3) is 0.533. The van der Waals surface area contributed by atoms with E-state index in [4.69, 9.17) is 14.2 Å². The highest BCUT2D eigenvalue weighted by Crippen LogP contribution is 2.46. The molecule has 1 spiro atoms. The van der Waals surface area contributed by atoms with Gasteiger partial charge in [0.15, 0.2) is 0 Å². The molecule has 7 nitrogen and oxygen atoms in total. The second kappa shape index (κ2) is 9.87. The summed E-state index contributed by atoms with van der Waals surface area (Å²) in [5.41, 5.74) is 2.60. The molecule has 0 aromatic heterocycles. The summed E-state index contributed by atoms with van der Waals surface area (Å²) >= 11 is 3.74. The highest BCUT2D eigenvalue weighted by molar-refractivity contribution is 9.10. The lowest BCUT2D eigenvalue weighted by molar-refractivity contribution is -0.929. The summed E-state index contributed by atoms with van der Waals surface area (Å²) in [6, 6.07) is 11.5. The van der Waals surface area contributed by atoms with E-state index in [0.717, 1.165) is 90.8 Å². The van der Waals surface area contributed by atoms with Crippen molar-refractivity contribution in [3.05, 3.63) is 52.0 Å². The Bertz CT molecular complexity index is 1190. The highest BCUT2D eigenvalue weighted by atomic mass is 79.9. The Labute approximate surface area is 232 Å². The smallest absolute Gasteiger partial charge is 0.337 e. The minimum absolute atomic E-state index is 0.00999. The molecule has 6 rings (SSSR count). The molecule has 0 atom stereocenters. The van der Waals surface area contributed by atoms with Gasteiger partial charge in [0.25, 0.3) is 0 Å². The van der Waals surface area contributed by atoms with Crippen LogP contribution in [0.4, 0.5) is 5.69 Å². The van der Waals surface area contributed by atoms with Crippen molar-refractivity contribution in [1.29, 1.82) is 0 Å². The summed E-state index contributed by atoms with van der Waals surface area (Å²) in [5, 5.41) is 0. The summed E-state index contributed by atoms with van der Waals surface area (Å²) in [4.78, 5) is 26.7. The van der Waals surface area contributed by atoms with E-state index in [0.29, 0.717) is 24.2 Å². The molecule has 2 aromatic carbocycles. The van der Waals surface area contributed by atoms with E-state index in [-0.39, 0.29) is 17.3 Å². The van der Waals surface area contributed by atoms with Crippen molar-refractivity contribution in [1.82, 2.24) is 0 Å². The third-order valence-electron chi connectivity index (χ3n) is 8.55. The maximum atomic E-state index is 13.1. The predicted octanol–water partition coefficient (Wildman–Crippen LogP) is 5.48. The van der Waals surface area contributed by atoms with Gasteiger partial charge >= 0.3 is 5.97 Å². The van der Waals surface area contributed by atoms with Gasteiger partial charge in [0.2, 0.25) is 5.91 Å². The van der Waals surface area contributed by atoms with Crippen LogP contribution in [0.5, 0.6) is 11.5 Å². The van der Waals surface area contributed by atoms with Crippen LogP contribution in [0.1, 0.15) is 60.9 Å². The van der Waals surface area contributed by atoms with Gasteiger partial charge in [-0.15, -0.1) is 0 Å². The van der Waals surface area contributed by atoms with Crippen LogP contribution in [0.25, 0.3) is 0 Å². The third kappa shape index (κ3) is 5.43. The van der Waals surface area contributed by atoms with E-state index < -0.39 is 0 Å². The van der Waals surface area contributed by atoms with Gasteiger partial charge in [0.1, 0.15) is 22.5 Å². The lowest BCUT2D eigenvalue weighted by Gasteiger charge is -2.45. The predicted molar refractivity (Wildman–Crippen MR) is 147 cm³/mol. The molecular formula is C30H36BrN2O5+. The van der Waals surface area contributed by atoms with Crippen LogP contribution >= 0.6 is 15.9 Å². The normalized spacial score (nSPS) is 27.0. The molecule has 0 unspecified atom stereocenters. The van der Waals surface area contributed by atoms with Crippen LogP contribution in [0.3, 0.4) is 0 Å². The first-order valence-corrected chi connectivity index (χ1v) is 14.5. The van der Waals surface area contributed by atoms with E-state index in [1.54, 1.807) is 12.1 Å². The average Bonchev–Trinajstić information content (AvgIpc) is 3.84. The second-order valence-electron chi connectivity index (χ2n) is 12.0. The number of nitrogens with zero attached hydrogens (tertiary/aromatic N) is 2. The summed E-state index contributed by atoms with van der Waals surface area (Å²) < 4.78 is 19.1. The zero-order chi connectivity index (χ0) is 26.5. The molecule has 202 valence electrons. The van der Waals surface area contributed by atoms with E-state index in [1.165, 1.54) is 12.7 Å². The molecule has 0 radical (unpaired) electrons. The Morgan fingerprint density at radius 1 is 1.03 bits per heavy atom. The molecular weight excluding hydrogens is 548 g/mol. The number of carbonyl (C=O) groups is 2. The number of rotatable bonds is 8. The summed E-state index contributed by atoms with van der Waals surface area (Å²) in [7, 11) is 3.70. The Morgan fingerprint density at radius 2 is 1.61 bits per heavy atom. The van der Waals surface area contributed by atoms with Crippen molar-refractivity contribution in [2.45, 2.75) is 63.7 Å². The molecule has 0 N–H and O–H groups in total. The maximum absolute atomic E-state index is 13.1. The number of hydrogen-bond donors (Lipinski definition) is 0. The molecule has 2 saturated heterocycles. The van der Waals surface area contributed by atoms with Crippen LogP contribution in [0, 0.1) is 5.41 Å². The topological polar surface area (TPSA) is 65.1 Å². The number of methoxy groups -OCH3 is 1. The zero-order valence-corrected chi connectivity index (χ0v) is 23.8. The fourth-order valence-corrected chi connectivity index (χ4v) is 6.25. The number of amides is 1. The van der Waals surface area contributed by atoms with E-state index in [2.05, 4.69) is 35.1 Å². The SMILES string of the molecule is COC(=O)c1ccc(N2CC3(CC[N+](C)(Cc4cc(OC5CC5)c(Br)c(OC5CC5)c4)CC3)CC2=O)cc1. The summed E-state index contributed by atoms with van der Waals surface area (Å²) in [5.74, 6) is 1.60. The molecule has 2 heterocycles. The molecule has 4 aliphatic rings. The Balaban J connectivity index is 1.13. The minimum Gasteiger partial charge on any atom is -0.489 e. The van der Waals surface area contributed by atoms with E-state index >= 15 is 0 Å². The number of quaternary nitrogens is 1. The van der Waals surface area contributed by atoms with Gasteiger partial charge in [-0.1, -0.05) is 0 Å². The molecule has 2 aliphatic carbocycles. The summed E-state index contributed by atoms with van der Waals surface area (Å²) in [6.45, 7) is 3.70. The standard InChI is InChI=1S/C30H36BrN2O5/c1-33(18-20-15-25(37-23-7-8-23)28(31)26(16-20)38-24-9-10-24)13-11-30(12-14-33)17-27(34)32(19-30)22-5-3-21(4-6-22)29(35)36-2/h3-6,15-16,23-24H,7-14,17-19H2,1-2H3/q+1. The van der Waals surface area contributed by atoms with Gasteiger partial charge in [-0.05, 0) is 78.0 Å². The number of carbonyl (C=O) groups excluding carboxylic acids is 2. The number of esters is 1. The molecule has 2 saturated carbocycles. The summed E-state index contributed by atoms with van der Waals surface area (Å²) in [6.07, 6.45) is 7.76. The maximum Gasteiger partial charge on any atom is 0.337 e. The average molecular weight is 585 g/mol. The van der Waals surface area contributed by atoms with Crippen LogP contribution in [-0.2, 0) is 16.1 Å². The zero-order valence-electron chi connectivity index (χ0n) is 22.2. The van der Waals surface area contributed by atoms with Crippen LogP contribution < -0.4 is 14.4 Å². The van der Waals surface area contributed by atoms with Crippen LogP contribution in [0.2, 0.25) is 0 Å². The first kappa shape index (κ1) is 25.7. The molecule has 2 aliphatic heterocycles. The Kier molecular flexibility index (Phi) is 6.67. The number of ether oxygens (including phenoxy) is 3. The van der Waals surface area contributed by atoms with Gasteiger partial charge in [-0.2, -0.15) is 0 Å². The lowest BCUT2D eigenvalue weighted by Crippen LogP contribution is -2.52. The lowest BCUT2D eigenvalue weighted by atomic mass is 9.77. The monoisotopic (exact) mass is 583 g/mol. The highest BCUT2D eigenvalue weighted by Gasteiger charge is 2.48. The number of likely N-dealkylation sites (tertiary alicyclic amines) is 1. The van der Waals surface area contributed by atoms with Crippen molar-refractivity contribution < 1.29 is 28.3 Å². The van der Waals surface area contributed by atoms with Crippen molar-refractivity contribution in [3.63, 3.8) is 0 Å². The van der Waals surface area contributed by atoms with Gasteiger partial charge in [0.05, 0.1) is 45.0 Å². The van der Waals surface area contributed by atoms with Gasteiger partial charge in [-0.25, -0.2) is 4.79 Å². The van der Waals surface area contributed by atoms with Crippen LogP contribution in [-0.4, -0.2) is 62.4 Å². The number of hydrogen-bond acceptors (Lipinski definition) is 5. The quantitative estimate of drug-likeness (QED) is 0.304. The molecule has 1 amide bonds. The molecule has 4 fully saturated rings. The van der Waals surface area contributed by atoms with Crippen molar-refractivity contribution in [2.75, 3.05) is 38.7 Å². The number of halogens is 1. The van der Waals surface area contributed by atoms with Crippen molar-refractivity contribution in [3.8, 4) is 11.5 Å². The Morgan fingerprint density at radius 3 is 2.13 bits per heavy atom. The number of benzene rings is 2. The second-order valence-corrected chi connectivity index (χ2v) is 12.8. The molecule has 0 bridgehead atoms. The Hall–Kier alpha value is -2.58. The first-order chi connectivity index (χ1) is 18.2. The van der Waals surface area contributed by atoms with Gasteiger partial charge in [0, 0.05) is 42.5 Å². The largest absolute Gasteiger partial charge is 0.489 e. The number of anilines is 1. The molecule has 8 heteroatoms. The first-order valence-electron chi connectivity index (χ1n) is 13.7. The minimum atomic E-state index is -0.367. The van der Waals surface area contributed by atoms with Crippen molar-refractivity contribution >= 4 is 33.5 Å². The van der Waals surface area contributed by atoms with E-state index in [1.807, 2.05) is 17.0 Å². The number of piperidine rings is 1. The fourth-order valence-electron chi connectivity index (χ4n) is 5.83. The molecule has 2 aromatic rings. The van der Waals surface area contributed by atoms with Gasteiger partial charge in [-0.3, -0.25) is 4.79 Å². The third-order valence-corrected chi connectivity index (χ3v) is 9.33. The van der Waals surface area contributed by atoms with Gasteiger partial charge < -0.3 is 23.6 Å².